The van der Waals surface area contributed by atoms with Crippen molar-refractivity contribution in [1.29, 1.82) is 0 Å². The van der Waals surface area contributed by atoms with Gasteiger partial charge in [-0.2, -0.15) is 0 Å². The number of carbonyl (C=O) groups is 1. The number of rotatable bonds is 12. The van der Waals surface area contributed by atoms with E-state index in [-0.39, 0.29) is 5.54 Å². The molecule has 0 unspecified atom stereocenters. The SMILES string of the molecule is CCCCC/C=C\CC[C@@]1(C)Nc2cc(/C=C/C(=O)NO)ccc2C=C1CCNC. The highest BCUT2D eigenvalue weighted by atomic mass is 16.5. The number of allylic oxidation sites excluding steroid dienone is 2. The lowest BCUT2D eigenvalue weighted by atomic mass is 9.80. The van der Waals surface area contributed by atoms with Crippen molar-refractivity contribution in [1.82, 2.24) is 10.8 Å². The lowest BCUT2D eigenvalue weighted by Crippen LogP contribution is -2.40. The molecule has 4 N–H and O–H groups in total. The predicted octanol–water partition coefficient (Wildman–Crippen LogP) is 5.30. The third-order valence-corrected chi connectivity index (χ3v) is 5.66. The summed E-state index contributed by atoms with van der Waals surface area (Å²) in [7, 11) is 1.99. The Labute approximate surface area is 181 Å². The van der Waals surface area contributed by atoms with Gasteiger partial charge in [0.25, 0.3) is 5.91 Å². The largest absolute Gasteiger partial charge is 0.376 e. The highest BCUT2D eigenvalue weighted by molar-refractivity contribution is 5.91. The Morgan fingerprint density at radius 2 is 2.03 bits per heavy atom. The fraction of sp³-hybridized carbons (Fsp3) is 0.480. The summed E-state index contributed by atoms with van der Waals surface area (Å²) in [5, 5.41) is 15.7. The van der Waals surface area contributed by atoms with Gasteiger partial charge in [0.1, 0.15) is 0 Å². The third-order valence-electron chi connectivity index (χ3n) is 5.66. The Bertz CT molecular complexity index is 783. The minimum Gasteiger partial charge on any atom is -0.376 e. The second-order valence-electron chi connectivity index (χ2n) is 8.14. The maximum Gasteiger partial charge on any atom is 0.267 e. The molecule has 0 saturated carbocycles. The van der Waals surface area contributed by atoms with Gasteiger partial charge in [-0.1, -0.05) is 50.1 Å². The van der Waals surface area contributed by atoms with E-state index in [2.05, 4.69) is 54.8 Å². The third kappa shape index (κ3) is 7.15. The fourth-order valence-corrected chi connectivity index (χ4v) is 3.80. The Morgan fingerprint density at radius 3 is 2.77 bits per heavy atom. The number of amides is 1. The van der Waals surface area contributed by atoms with E-state index in [1.165, 1.54) is 37.3 Å². The van der Waals surface area contributed by atoms with E-state index < -0.39 is 5.91 Å². The van der Waals surface area contributed by atoms with Gasteiger partial charge in [0.15, 0.2) is 0 Å². The van der Waals surface area contributed by atoms with Crippen LogP contribution in [0.3, 0.4) is 0 Å². The van der Waals surface area contributed by atoms with E-state index >= 15 is 0 Å². The van der Waals surface area contributed by atoms with Crippen LogP contribution in [0.2, 0.25) is 0 Å². The first-order chi connectivity index (χ1) is 14.5. The molecule has 5 nitrogen and oxygen atoms in total. The molecule has 30 heavy (non-hydrogen) atoms. The average Bonchev–Trinajstić information content (AvgIpc) is 2.75. The van der Waals surface area contributed by atoms with Crippen molar-refractivity contribution in [3.63, 3.8) is 0 Å². The van der Waals surface area contributed by atoms with E-state index in [4.69, 9.17) is 5.21 Å². The Morgan fingerprint density at radius 1 is 1.23 bits per heavy atom. The summed E-state index contributed by atoms with van der Waals surface area (Å²) in [6, 6.07) is 6.11. The number of anilines is 1. The van der Waals surface area contributed by atoms with E-state index in [0.29, 0.717) is 0 Å². The molecule has 1 atom stereocenters. The molecule has 5 heteroatoms. The highest BCUT2D eigenvalue weighted by Gasteiger charge is 2.31. The molecular weight excluding hydrogens is 374 g/mol. The zero-order valence-corrected chi connectivity index (χ0v) is 18.6. The minimum atomic E-state index is -0.537. The fourth-order valence-electron chi connectivity index (χ4n) is 3.80. The number of hydrogen-bond donors (Lipinski definition) is 4. The molecule has 1 heterocycles. The van der Waals surface area contributed by atoms with Gasteiger partial charge in [-0.05, 0) is 81.5 Å². The summed E-state index contributed by atoms with van der Waals surface area (Å²) in [4.78, 5) is 11.3. The van der Waals surface area contributed by atoms with Crippen LogP contribution in [0.15, 0.2) is 42.0 Å². The van der Waals surface area contributed by atoms with Gasteiger partial charge < -0.3 is 10.6 Å². The number of hydroxylamine groups is 1. The number of hydrogen-bond acceptors (Lipinski definition) is 4. The lowest BCUT2D eigenvalue weighted by molar-refractivity contribution is -0.124. The van der Waals surface area contributed by atoms with Crippen LogP contribution in [0.1, 0.15) is 69.9 Å². The predicted molar refractivity (Wildman–Crippen MR) is 126 cm³/mol. The number of benzene rings is 1. The second kappa shape index (κ2) is 12.4. The number of fused-ring (bicyclic) bond motifs is 1. The Kier molecular flexibility index (Phi) is 9.84. The zero-order chi connectivity index (χ0) is 21.8. The van der Waals surface area contributed by atoms with Crippen molar-refractivity contribution < 1.29 is 10.0 Å². The molecule has 0 aliphatic carbocycles. The van der Waals surface area contributed by atoms with Gasteiger partial charge in [-0.15, -0.1) is 0 Å². The smallest absolute Gasteiger partial charge is 0.267 e. The first-order valence-electron chi connectivity index (χ1n) is 11.1. The molecule has 1 aromatic carbocycles. The first kappa shape index (κ1) is 23.9. The molecule has 1 aliphatic heterocycles. The van der Waals surface area contributed by atoms with Crippen LogP contribution < -0.4 is 16.1 Å². The zero-order valence-electron chi connectivity index (χ0n) is 18.6. The number of nitrogens with one attached hydrogen (secondary N) is 3. The molecule has 0 fully saturated rings. The minimum absolute atomic E-state index is 0.109. The van der Waals surface area contributed by atoms with Gasteiger partial charge in [0.05, 0.1) is 5.54 Å². The summed E-state index contributed by atoms with van der Waals surface area (Å²) >= 11 is 0. The van der Waals surface area contributed by atoms with Crippen LogP contribution in [0.25, 0.3) is 12.2 Å². The van der Waals surface area contributed by atoms with Crippen molar-refractivity contribution >= 4 is 23.7 Å². The van der Waals surface area contributed by atoms with E-state index in [1.807, 2.05) is 13.1 Å². The average molecular weight is 412 g/mol. The Balaban J connectivity index is 2.14. The maximum absolute atomic E-state index is 11.3. The maximum atomic E-state index is 11.3. The van der Waals surface area contributed by atoms with E-state index in [0.717, 1.165) is 42.6 Å². The normalized spacial score (nSPS) is 18.3. The van der Waals surface area contributed by atoms with Gasteiger partial charge in [-0.25, -0.2) is 5.48 Å². The lowest BCUT2D eigenvalue weighted by Gasteiger charge is -2.39. The molecule has 1 aliphatic rings. The molecule has 0 saturated heterocycles. The topological polar surface area (TPSA) is 73.4 Å². The monoisotopic (exact) mass is 411 g/mol. The van der Waals surface area contributed by atoms with Crippen LogP contribution in [0, 0.1) is 0 Å². The van der Waals surface area contributed by atoms with Crippen molar-refractivity contribution in [3.05, 3.63) is 53.1 Å². The van der Waals surface area contributed by atoms with Crippen molar-refractivity contribution in [2.24, 2.45) is 0 Å². The van der Waals surface area contributed by atoms with Gasteiger partial charge in [-0.3, -0.25) is 10.0 Å². The van der Waals surface area contributed by atoms with Crippen LogP contribution in [-0.4, -0.2) is 30.2 Å². The van der Waals surface area contributed by atoms with Crippen molar-refractivity contribution in [2.45, 2.75) is 64.3 Å². The quantitative estimate of drug-likeness (QED) is 0.124. The van der Waals surface area contributed by atoms with Crippen LogP contribution in [0.4, 0.5) is 5.69 Å². The molecule has 0 radical (unpaired) electrons. The summed E-state index contributed by atoms with van der Waals surface area (Å²) in [5.74, 6) is -0.537. The molecule has 2 rings (SSSR count). The number of unbranched alkanes of at least 4 members (excludes halogenated alkanes) is 3. The summed E-state index contributed by atoms with van der Waals surface area (Å²) < 4.78 is 0. The second-order valence-corrected chi connectivity index (χ2v) is 8.14. The number of carbonyl (C=O) groups excluding carboxylic acids is 1. The summed E-state index contributed by atoms with van der Waals surface area (Å²) in [6.45, 7) is 5.46. The van der Waals surface area contributed by atoms with Gasteiger partial charge in [0, 0.05) is 11.8 Å². The van der Waals surface area contributed by atoms with E-state index in [9.17, 15) is 4.79 Å². The van der Waals surface area contributed by atoms with Crippen molar-refractivity contribution in [2.75, 3.05) is 18.9 Å². The molecule has 0 spiro atoms. The summed E-state index contributed by atoms with van der Waals surface area (Å²) in [6.07, 6.45) is 18.0. The highest BCUT2D eigenvalue weighted by Crippen LogP contribution is 2.38. The van der Waals surface area contributed by atoms with E-state index in [1.54, 1.807) is 11.6 Å². The Hall–Kier alpha value is -2.37. The molecular formula is C25H37N3O2. The van der Waals surface area contributed by atoms with Gasteiger partial charge >= 0.3 is 0 Å². The molecule has 164 valence electrons. The van der Waals surface area contributed by atoms with Gasteiger partial charge in [0.2, 0.25) is 0 Å². The molecule has 1 aromatic rings. The van der Waals surface area contributed by atoms with Crippen LogP contribution >= 0.6 is 0 Å². The summed E-state index contributed by atoms with van der Waals surface area (Å²) in [5.41, 5.74) is 6.07. The van der Waals surface area contributed by atoms with Crippen LogP contribution in [0.5, 0.6) is 0 Å². The standard InChI is InChI=1S/C25H37N3O2/c1-4-5-6-7-8-9-10-16-25(2)22(15-17-26-3)19-21-13-11-20(18-23(21)27-25)12-14-24(29)28-30/h8-9,11-14,18-19,26-27,30H,4-7,10,15-17H2,1-3H3,(H,28,29)/b9-8-,14-12+/t25-/m1/s1. The molecule has 0 aromatic heterocycles. The molecule has 1 amide bonds. The molecule has 0 bridgehead atoms. The van der Waals surface area contributed by atoms with Crippen molar-refractivity contribution in [3.8, 4) is 0 Å². The van der Waals surface area contributed by atoms with Crippen LogP contribution in [-0.2, 0) is 4.79 Å². The first-order valence-corrected chi connectivity index (χ1v) is 11.1.